The van der Waals surface area contributed by atoms with Crippen LogP contribution in [0, 0.1) is 12.7 Å². The molecule has 2 aromatic rings. The second kappa shape index (κ2) is 3.90. The normalized spacial score (nSPS) is 10.3. The van der Waals surface area contributed by atoms with Gasteiger partial charge in [-0.05, 0) is 25.1 Å². The fraction of sp³-hybridized carbons (Fsp3) is 0.100. The third-order valence-electron chi connectivity index (χ3n) is 1.83. The predicted molar refractivity (Wildman–Crippen MR) is 58.0 cm³/mol. The summed E-state index contributed by atoms with van der Waals surface area (Å²) >= 11 is 5.71. The summed E-state index contributed by atoms with van der Waals surface area (Å²) in [5, 5.41) is 3.26. The van der Waals surface area contributed by atoms with Crippen molar-refractivity contribution < 1.29 is 4.39 Å². The topological polar surface area (TPSA) is 40.7 Å². The van der Waals surface area contributed by atoms with Gasteiger partial charge in [-0.3, -0.25) is 0 Å². The van der Waals surface area contributed by atoms with E-state index in [4.69, 9.17) is 11.6 Å². The Balaban J connectivity index is 2.24. The van der Waals surface area contributed by atoms with E-state index in [1.807, 2.05) is 6.92 Å². The summed E-state index contributed by atoms with van der Waals surface area (Å²) in [5.74, 6) is 0.183. The maximum Gasteiger partial charge on any atom is 0.204 e. The fourth-order valence-corrected chi connectivity index (χ4v) is 1.46. The molecule has 1 aromatic carbocycles. The average molecular weight is 226 g/mol. The van der Waals surface area contributed by atoms with Crippen LogP contribution in [0.5, 0.6) is 0 Å². The van der Waals surface area contributed by atoms with E-state index in [0.717, 1.165) is 5.69 Å². The number of aromatic nitrogens is 2. The molecule has 0 bridgehead atoms. The Morgan fingerprint density at radius 1 is 1.40 bits per heavy atom. The van der Waals surface area contributed by atoms with E-state index in [1.165, 1.54) is 12.1 Å². The second-order valence-electron chi connectivity index (χ2n) is 3.20. The van der Waals surface area contributed by atoms with Crippen LogP contribution in [0.15, 0.2) is 24.4 Å². The molecule has 3 nitrogen and oxygen atoms in total. The standard InChI is InChI=1S/C10H9ClFN3/c1-6-5-13-10(14-6)15-9-3-7(11)2-8(12)4-9/h2-5H,1H3,(H2,13,14,15). The largest absolute Gasteiger partial charge is 0.328 e. The molecule has 0 radical (unpaired) electrons. The minimum Gasteiger partial charge on any atom is -0.328 e. The van der Waals surface area contributed by atoms with E-state index in [9.17, 15) is 4.39 Å². The van der Waals surface area contributed by atoms with Crippen molar-refractivity contribution in [3.05, 3.63) is 40.9 Å². The van der Waals surface area contributed by atoms with Crippen molar-refractivity contribution in [1.82, 2.24) is 9.97 Å². The number of hydrogen-bond donors (Lipinski definition) is 2. The van der Waals surface area contributed by atoms with Crippen molar-refractivity contribution >= 4 is 23.2 Å². The number of anilines is 2. The van der Waals surface area contributed by atoms with Crippen LogP contribution in [0.1, 0.15) is 5.69 Å². The van der Waals surface area contributed by atoms with E-state index in [0.29, 0.717) is 16.7 Å². The highest BCUT2D eigenvalue weighted by atomic mass is 35.5. The molecule has 0 saturated heterocycles. The molecule has 0 unspecified atom stereocenters. The van der Waals surface area contributed by atoms with Crippen molar-refractivity contribution in [2.45, 2.75) is 6.92 Å². The van der Waals surface area contributed by atoms with Gasteiger partial charge in [0, 0.05) is 22.6 Å². The lowest BCUT2D eigenvalue weighted by Gasteiger charge is -2.03. The van der Waals surface area contributed by atoms with Crippen LogP contribution in [-0.2, 0) is 0 Å². The lowest BCUT2D eigenvalue weighted by atomic mass is 10.3. The van der Waals surface area contributed by atoms with Gasteiger partial charge in [-0.25, -0.2) is 9.37 Å². The zero-order chi connectivity index (χ0) is 10.8. The summed E-state index contributed by atoms with van der Waals surface area (Å²) in [6.45, 7) is 1.89. The molecule has 0 atom stereocenters. The number of imidazole rings is 1. The lowest BCUT2D eigenvalue weighted by molar-refractivity contribution is 0.628. The Kier molecular flexibility index (Phi) is 2.60. The molecule has 0 aliphatic heterocycles. The summed E-state index contributed by atoms with van der Waals surface area (Å²) in [5.41, 5.74) is 1.49. The molecule has 0 fully saturated rings. The number of aromatic amines is 1. The Labute approximate surface area is 91.3 Å². The molecule has 1 heterocycles. The number of halogens is 2. The van der Waals surface area contributed by atoms with Gasteiger partial charge >= 0.3 is 0 Å². The quantitative estimate of drug-likeness (QED) is 0.824. The van der Waals surface area contributed by atoms with Gasteiger partial charge in [0.05, 0.1) is 0 Å². The van der Waals surface area contributed by atoms with Crippen LogP contribution in [0.2, 0.25) is 5.02 Å². The molecular weight excluding hydrogens is 217 g/mol. The van der Waals surface area contributed by atoms with Gasteiger partial charge in [0.1, 0.15) is 5.82 Å². The summed E-state index contributed by atoms with van der Waals surface area (Å²) in [6.07, 6.45) is 1.68. The van der Waals surface area contributed by atoms with Gasteiger partial charge in [-0.1, -0.05) is 11.6 Å². The number of benzene rings is 1. The molecule has 0 aliphatic carbocycles. The summed E-state index contributed by atoms with van der Waals surface area (Å²) in [4.78, 5) is 7.01. The highest BCUT2D eigenvalue weighted by Gasteiger charge is 2.01. The SMILES string of the molecule is Cc1cnc(Nc2cc(F)cc(Cl)c2)[nH]1. The molecule has 15 heavy (non-hydrogen) atoms. The first-order chi connectivity index (χ1) is 7.13. The number of nitrogens with zero attached hydrogens (tertiary/aromatic N) is 1. The van der Waals surface area contributed by atoms with Gasteiger partial charge in [0.15, 0.2) is 0 Å². The van der Waals surface area contributed by atoms with Crippen molar-refractivity contribution in [1.29, 1.82) is 0 Å². The molecular formula is C10H9ClFN3. The maximum absolute atomic E-state index is 13.0. The first-order valence-electron chi connectivity index (χ1n) is 4.38. The predicted octanol–water partition coefficient (Wildman–Crippen LogP) is 3.25. The summed E-state index contributed by atoms with van der Waals surface area (Å²) in [6, 6.07) is 4.23. The first-order valence-corrected chi connectivity index (χ1v) is 4.76. The van der Waals surface area contributed by atoms with Crippen LogP contribution < -0.4 is 5.32 Å². The Bertz CT molecular complexity index is 461. The third kappa shape index (κ3) is 2.47. The van der Waals surface area contributed by atoms with Crippen LogP contribution in [-0.4, -0.2) is 9.97 Å². The Morgan fingerprint density at radius 3 is 2.80 bits per heavy atom. The second-order valence-corrected chi connectivity index (χ2v) is 3.63. The van der Waals surface area contributed by atoms with Crippen molar-refractivity contribution in [3.63, 3.8) is 0 Å². The van der Waals surface area contributed by atoms with Crippen molar-refractivity contribution in [3.8, 4) is 0 Å². The minimum absolute atomic E-state index is 0.348. The van der Waals surface area contributed by atoms with Crippen LogP contribution in [0.4, 0.5) is 16.0 Å². The zero-order valence-corrected chi connectivity index (χ0v) is 8.77. The fourth-order valence-electron chi connectivity index (χ4n) is 1.24. The van der Waals surface area contributed by atoms with Gasteiger partial charge in [-0.15, -0.1) is 0 Å². The molecule has 0 saturated carbocycles. The van der Waals surface area contributed by atoms with Crippen LogP contribution in [0.25, 0.3) is 0 Å². The molecule has 2 N–H and O–H groups in total. The molecule has 0 amide bonds. The Morgan fingerprint density at radius 2 is 2.20 bits per heavy atom. The van der Waals surface area contributed by atoms with E-state index in [-0.39, 0.29) is 5.82 Å². The molecule has 1 aromatic heterocycles. The van der Waals surface area contributed by atoms with Crippen LogP contribution >= 0.6 is 11.6 Å². The average Bonchev–Trinajstić information content (AvgIpc) is 2.49. The number of H-pyrrole nitrogens is 1. The van der Waals surface area contributed by atoms with Gasteiger partial charge in [-0.2, -0.15) is 0 Å². The highest BCUT2D eigenvalue weighted by Crippen LogP contribution is 2.20. The molecule has 5 heteroatoms. The van der Waals surface area contributed by atoms with Crippen molar-refractivity contribution in [2.24, 2.45) is 0 Å². The summed E-state index contributed by atoms with van der Waals surface area (Å²) in [7, 11) is 0. The van der Waals surface area contributed by atoms with Crippen molar-refractivity contribution in [2.75, 3.05) is 5.32 Å². The minimum atomic E-state index is -0.381. The molecule has 0 aliphatic rings. The smallest absolute Gasteiger partial charge is 0.204 e. The lowest BCUT2D eigenvalue weighted by Crippen LogP contribution is -1.93. The molecule has 78 valence electrons. The Hall–Kier alpha value is -1.55. The third-order valence-corrected chi connectivity index (χ3v) is 2.05. The highest BCUT2D eigenvalue weighted by molar-refractivity contribution is 6.30. The first kappa shape index (κ1) is 9.98. The maximum atomic E-state index is 13.0. The monoisotopic (exact) mass is 225 g/mol. The number of aryl methyl sites for hydroxylation is 1. The number of nitrogens with one attached hydrogen (secondary N) is 2. The zero-order valence-electron chi connectivity index (χ0n) is 8.01. The molecule has 2 rings (SSSR count). The number of rotatable bonds is 2. The van der Waals surface area contributed by atoms with Gasteiger partial charge in [0.2, 0.25) is 5.95 Å². The summed E-state index contributed by atoms with van der Waals surface area (Å²) < 4.78 is 13.0. The van der Waals surface area contributed by atoms with Gasteiger partial charge < -0.3 is 10.3 Å². The number of hydrogen-bond acceptors (Lipinski definition) is 2. The van der Waals surface area contributed by atoms with E-state index in [2.05, 4.69) is 15.3 Å². The molecule has 0 spiro atoms. The van der Waals surface area contributed by atoms with E-state index >= 15 is 0 Å². The van der Waals surface area contributed by atoms with E-state index < -0.39 is 0 Å². The van der Waals surface area contributed by atoms with Gasteiger partial charge in [0.25, 0.3) is 0 Å². The van der Waals surface area contributed by atoms with Crippen LogP contribution in [0.3, 0.4) is 0 Å². The van der Waals surface area contributed by atoms with E-state index in [1.54, 1.807) is 12.3 Å².